The van der Waals surface area contributed by atoms with E-state index in [1.165, 1.54) is 6.07 Å². The Hall–Kier alpha value is -2.44. The van der Waals surface area contributed by atoms with Crippen LogP contribution in [-0.4, -0.2) is 22.3 Å². The minimum atomic E-state index is -2.94. The molecule has 0 fully saturated rings. The SMILES string of the molecule is Cc1ccc(OC(F)F)c(NC(=O)CCn2nc(C)cc2C)c1. The average Bonchev–Trinajstić information content (AvgIpc) is 2.77. The molecule has 0 spiro atoms. The zero-order valence-corrected chi connectivity index (χ0v) is 13.3. The summed E-state index contributed by atoms with van der Waals surface area (Å²) in [5.74, 6) is -0.340. The first kappa shape index (κ1) is 16.9. The van der Waals surface area contributed by atoms with Crippen LogP contribution in [0, 0.1) is 20.8 Å². The lowest BCUT2D eigenvalue weighted by Crippen LogP contribution is -2.17. The molecule has 1 amide bonds. The topological polar surface area (TPSA) is 56.1 Å². The molecular formula is C16H19F2N3O2. The van der Waals surface area contributed by atoms with Gasteiger partial charge in [-0.2, -0.15) is 13.9 Å². The van der Waals surface area contributed by atoms with Gasteiger partial charge < -0.3 is 10.1 Å². The molecule has 0 aliphatic carbocycles. The fraction of sp³-hybridized carbons (Fsp3) is 0.375. The first-order valence-corrected chi connectivity index (χ1v) is 7.21. The molecule has 0 unspecified atom stereocenters. The van der Waals surface area contributed by atoms with E-state index < -0.39 is 6.61 Å². The van der Waals surface area contributed by atoms with Crippen LogP contribution >= 0.6 is 0 Å². The third-order valence-corrected chi connectivity index (χ3v) is 3.28. The van der Waals surface area contributed by atoms with Gasteiger partial charge in [-0.05, 0) is 44.5 Å². The van der Waals surface area contributed by atoms with Crippen molar-refractivity contribution in [2.75, 3.05) is 5.32 Å². The monoisotopic (exact) mass is 323 g/mol. The number of alkyl halides is 2. The summed E-state index contributed by atoms with van der Waals surface area (Å²) in [5, 5.41) is 6.89. The number of carbonyl (C=O) groups excluding carboxylic acids is 1. The quantitative estimate of drug-likeness (QED) is 0.886. The maximum absolute atomic E-state index is 12.4. The van der Waals surface area contributed by atoms with E-state index in [9.17, 15) is 13.6 Å². The van der Waals surface area contributed by atoms with Crippen molar-refractivity contribution in [3.05, 3.63) is 41.2 Å². The van der Waals surface area contributed by atoms with Gasteiger partial charge in [0.2, 0.25) is 5.91 Å². The summed E-state index contributed by atoms with van der Waals surface area (Å²) in [5.41, 5.74) is 2.92. The molecule has 0 aliphatic heterocycles. The summed E-state index contributed by atoms with van der Waals surface area (Å²) >= 11 is 0. The average molecular weight is 323 g/mol. The number of anilines is 1. The zero-order chi connectivity index (χ0) is 17.0. The molecule has 5 nitrogen and oxygen atoms in total. The molecule has 1 aromatic heterocycles. The van der Waals surface area contributed by atoms with Gasteiger partial charge in [-0.25, -0.2) is 0 Å². The Kier molecular flexibility index (Phi) is 5.31. The van der Waals surface area contributed by atoms with Crippen LogP contribution in [0.3, 0.4) is 0 Å². The number of nitrogens with zero attached hydrogens (tertiary/aromatic N) is 2. The predicted octanol–water partition coefficient (Wildman–Crippen LogP) is 3.44. The molecule has 23 heavy (non-hydrogen) atoms. The molecule has 0 aliphatic rings. The third-order valence-electron chi connectivity index (χ3n) is 3.28. The molecule has 0 radical (unpaired) electrons. The van der Waals surface area contributed by atoms with Crippen LogP contribution in [-0.2, 0) is 11.3 Å². The van der Waals surface area contributed by atoms with Crippen molar-refractivity contribution in [1.82, 2.24) is 9.78 Å². The molecule has 0 saturated carbocycles. The van der Waals surface area contributed by atoms with Crippen molar-refractivity contribution in [2.24, 2.45) is 0 Å². The van der Waals surface area contributed by atoms with E-state index >= 15 is 0 Å². The molecule has 2 rings (SSSR count). The Morgan fingerprint density at radius 2 is 2.04 bits per heavy atom. The number of nitrogens with one attached hydrogen (secondary N) is 1. The van der Waals surface area contributed by atoms with Gasteiger partial charge in [0.25, 0.3) is 0 Å². The number of amides is 1. The highest BCUT2D eigenvalue weighted by molar-refractivity contribution is 5.92. The maximum Gasteiger partial charge on any atom is 0.387 e. The molecule has 0 bridgehead atoms. The van der Waals surface area contributed by atoms with E-state index in [4.69, 9.17) is 0 Å². The number of aromatic nitrogens is 2. The third kappa shape index (κ3) is 4.77. The second kappa shape index (κ2) is 7.21. The smallest absolute Gasteiger partial charge is 0.387 e. The summed E-state index contributed by atoms with van der Waals surface area (Å²) in [6, 6.07) is 6.58. The van der Waals surface area contributed by atoms with Gasteiger partial charge >= 0.3 is 6.61 Å². The van der Waals surface area contributed by atoms with Crippen molar-refractivity contribution >= 4 is 11.6 Å². The summed E-state index contributed by atoms with van der Waals surface area (Å²) in [6.07, 6.45) is 0.185. The number of rotatable bonds is 6. The van der Waals surface area contributed by atoms with E-state index in [0.29, 0.717) is 6.54 Å². The second-order valence-corrected chi connectivity index (χ2v) is 5.33. The number of hydrogen-bond donors (Lipinski definition) is 1. The standard InChI is InChI=1S/C16H19F2N3O2/c1-10-4-5-14(23-16(17)18)13(8-10)19-15(22)6-7-21-12(3)9-11(2)20-21/h4-5,8-9,16H,6-7H2,1-3H3,(H,19,22). The van der Waals surface area contributed by atoms with Gasteiger partial charge in [0.05, 0.1) is 11.4 Å². The molecule has 1 aromatic carbocycles. The lowest BCUT2D eigenvalue weighted by Gasteiger charge is -2.13. The molecular weight excluding hydrogens is 304 g/mol. The number of carbonyl (C=O) groups is 1. The first-order valence-electron chi connectivity index (χ1n) is 7.21. The van der Waals surface area contributed by atoms with Crippen LogP contribution in [0.5, 0.6) is 5.75 Å². The van der Waals surface area contributed by atoms with E-state index in [2.05, 4.69) is 15.2 Å². The van der Waals surface area contributed by atoms with E-state index in [1.54, 1.807) is 23.7 Å². The van der Waals surface area contributed by atoms with E-state index in [1.807, 2.05) is 19.9 Å². The molecule has 1 N–H and O–H groups in total. The van der Waals surface area contributed by atoms with Crippen LogP contribution < -0.4 is 10.1 Å². The molecule has 0 saturated heterocycles. The van der Waals surface area contributed by atoms with Crippen LogP contribution in [0.25, 0.3) is 0 Å². The Bertz CT molecular complexity index is 699. The van der Waals surface area contributed by atoms with Gasteiger partial charge in [0, 0.05) is 18.7 Å². The van der Waals surface area contributed by atoms with Crippen LogP contribution in [0.15, 0.2) is 24.3 Å². The van der Waals surface area contributed by atoms with Crippen molar-refractivity contribution in [2.45, 2.75) is 40.3 Å². The van der Waals surface area contributed by atoms with E-state index in [0.717, 1.165) is 17.0 Å². The van der Waals surface area contributed by atoms with Crippen LogP contribution in [0.2, 0.25) is 0 Å². The van der Waals surface area contributed by atoms with Gasteiger partial charge in [0.15, 0.2) is 0 Å². The van der Waals surface area contributed by atoms with Gasteiger partial charge in [-0.3, -0.25) is 9.48 Å². The second-order valence-electron chi connectivity index (χ2n) is 5.33. The zero-order valence-electron chi connectivity index (χ0n) is 13.3. The van der Waals surface area contributed by atoms with Gasteiger partial charge in [-0.1, -0.05) is 6.07 Å². The summed E-state index contributed by atoms with van der Waals surface area (Å²) in [4.78, 5) is 12.1. The largest absolute Gasteiger partial charge is 0.433 e. The molecule has 2 aromatic rings. The molecule has 7 heteroatoms. The predicted molar refractivity (Wildman–Crippen MR) is 82.8 cm³/mol. The Morgan fingerprint density at radius 3 is 2.65 bits per heavy atom. The number of halogens is 2. The Labute approximate surface area is 133 Å². The summed E-state index contributed by atoms with van der Waals surface area (Å²) < 4.78 is 31.0. The number of aryl methyl sites for hydroxylation is 4. The van der Waals surface area contributed by atoms with E-state index in [-0.39, 0.29) is 23.8 Å². The van der Waals surface area contributed by atoms with Crippen molar-refractivity contribution in [1.29, 1.82) is 0 Å². The lowest BCUT2D eigenvalue weighted by molar-refractivity contribution is -0.116. The molecule has 124 valence electrons. The fourth-order valence-electron chi connectivity index (χ4n) is 2.26. The Balaban J connectivity index is 2.02. The fourth-order valence-corrected chi connectivity index (χ4v) is 2.26. The summed E-state index contributed by atoms with van der Waals surface area (Å²) in [6.45, 7) is 3.07. The minimum Gasteiger partial charge on any atom is -0.433 e. The van der Waals surface area contributed by atoms with Crippen molar-refractivity contribution in [3.8, 4) is 5.75 Å². The van der Waals surface area contributed by atoms with Crippen molar-refractivity contribution in [3.63, 3.8) is 0 Å². The normalized spacial score (nSPS) is 10.9. The maximum atomic E-state index is 12.4. The Morgan fingerprint density at radius 1 is 1.30 bits per heavy atom. The molecule has 1 heterocycles. The number of ether oxygens (including phenoxy) is 1. The lowest BCUT2D eigenvalue weighted by atomic mass is 10.2. The van der Waals surface area contributed by atoms with Crippen molar-refractivity contribution < 1.29 is 18.3 Å². The first-order chi connectivity index (χ1) is 10.8. The van der Waals surface area contributed by atoms with Crippen LogP contribution in [0.4, 0.5) is 14.5 Å². The molecule has 0 atom stereocenters. The highest BCUT2D eigenvalue weighted by atomic mass is 19.3. The number of hydrogen-bond acceptors (Lipinski definition) is 3. The summed E-state index contributed by atoms with van der Waals surface area (Å²) in [7, 11) is 0. The van der Waals surface area contributed by atoms with Gasteiger partial charge in [-0.15, -0.1) is 0 Å². The van der Waals surface area contributed by atoms with Gasteiger partial charge in [0.1, 0.15) is 5.75 Å². The number of benzene rings is 1. The van der Waals surface area contributed by atoms with Crippen LogP contribution in [0.1, 0.15) is 23.4 Å². The highest BCUT2D eigenvalue weighted by Crippen LogP contribution is 2.27. The minimum absolute atomic E-state index is 0.0509. The highest BCUT2D eigenvalue weighted by Gasteiger charge is 2.13.